The summed E-state index contributed by atoms with van der Waals surface area (Å²) in [6.07, 6.45) is 5.92. The zero-order valence-corrected chi connectivity index (χ0v) is 19.0. The summed E-state index contributed by atoms with van der Waals surface area (Å²) >= 11 is 5.56. The van der Waals surface area contributed by atoms with Crippen LogP contribution in [0.25, 0.3) is 10.9 Å². The summed E-state index contributed by atoms with van der Waals surface area (Å²) in [5, 5.41) is 28.2. The molecular weight excluding hydrogens is 406 g/mol. The third-order valence-corrected chi connectivity index (χ3v) is 6.60. The van der Waals surface area contributed by atoms with Gasteiger partial charge in [-0.15, -0.1) is 0 Å². The summed E-state index contributed by atoms with van der Waals surface area (Å²) in [5.74, 6) is 1.00. The largest absolute Gasteiger partial charge is 0.508 e. The SMILES string of the molecule is CC(C)c1cc(C(=S)Nc2ccc3c(ccn3CCC3CCNCC3)c2)c(O)cc1O. The second-order valence-electron chi connectivity index (χ2n) is 8.80. The van der Waals surface area contributed by atoms with Crippen LogP contribution in [0.2, 0.25) is 0 Å². The lowest BCUT2D eigenvalue weighted by atomic mass is 9.95. The third kappa shape index (κ3) is 4.86. The predicted molar refractivity (Wildman–Crippen MR) is 131 cm³/mol. The standard InChI is InChI=1S/C25H31N3O2S/c1-16(2)20-14-21(24(30)15-23(20)29)25(31)27-19-3-4-22-18(13-19)8-12-28(22)11-7-17-5-9-26-10-6-17/h3-4,8,12-17,26,29-30H,5-7,9-11H2,1-2H3,(H,27,31). The molecular formula is C25H31N3O2S. The van der Waals surface area contributed by atoms with Crippen molar-refractivity contribution in [1.82, 2.24) is 9.88 Å². The highest BCUT2D eigenvalue weighted by atomic mass is 32.1. The van der Waals surface area contributed by atoms with Crippen molar-refractivity contribution >= 4 is 33.8 Å². The number of fused-ring (bicyclic) bond motifs is 1. The first-order chi connectivity index (χ1) is 14.9. The van der Waals surface area contributed by atoms with Crippen molar-refractivity contribution in [3.8, 4) is 11.5 Å². The van der Waals surface area contributed by atoms with Crippen molar-refractivity contribution < 1.29 is 10.2 Å². The molecule has 164 valence electrons. The van der Waals surface area contributed by atoms with Gasteiger partial charge in [0.1, 0.15) is 16.5 Å². The average molecular weight is 438 g/mol. The summed E-state index contributed by atoms with van der Waals surface area (Å²) in [4.78, 5) is 0.434. The van der Waals surface area contributed by atoms with Crippen molar-refractivity contribution in [1.29, 1.82) is 0 Å². The van der Waals surface area contributed by atoms with E-state index in [1.165, 1.54) is 30.8 Å². The van der Waals surface area contributed by atoms with E-state index in [2.05, 4.69) is 39.6 Å². The molecule has 1 aliphatic rings. The average Bonchev–Trinajstić information content (AvgIpc) is 3.15. The fourth-order valence-electron chi connectivity index (χ4n) is 4.40. The zero-order valence-electron chi connectivity index (χ0n) is 18.2. The van der Waals surface area contributed by atoms with Crippen LogP contribution < -0.4 is 10.6 Å². The monoisotopic (exact) mass is 437 g/mol. The Labute approximate surface area is 189 Å². The first-order valence-electron chi connectivity index (χ1n) is 11.1. The molecule has 4 rings (SSSR count). The van der Waals surface area contributed by atoms with Gasteiger partial charge in [0.15, 0.2) is 0 Å². The molecule has 6 heteroatoms. The number of hydrogen-bond donors (Lipinski definition) is 4. The number of nitrogens with one attached hydrogen (secondary N) is 2. The van der Waals surface area contributed by atoms with Crippen LogP contribution >= 0.6 is 12.2 Å². The van der Waals surface area contributed by atoms with E-state index < -0.39 is 0 Å². The van der Waals surface area contributed by atoms with E-state index in [0.717, 1.165) is 42.2 Å². The van der Waals surface area contributed by atoms with Crippen LogP contribution in [0.4, 0.5) is 5.69 Å². The number of phenols is 2. The molecule has 0 saturated carbocycles. The molecule has 0 bridgehead atoms. The van der Waals surface area contributed by atoms with Crippen LogP contribution in [0, 0.1) is 5.92 Å². The number of nitrogens with zero attached hydrogens (tertiary/aromatic N) is 1. The Hall–Kier alpha value is -2.57. The molecule has 31 heavy (non-hydrogen) atoms. The topological polar surface area (TPSA) is 69.5 Å². The highest BCUT2D eigenvalue weighted by Gasteiger charge is 2.16. The Morgan fingerprint density at radius 2 is 1.90 bits per heavy atom. The molecule has 0 radical (unpaired) electrons. The van der Waals surface area contributed by atoms with Gasteiger partial charge in [-0.25, -0.2) is 0 Å². The number of aryl methyl sites for hydroxylation is 1. The number of rotatable bonds is 6. The van der Waals surface area contributed by atoms with Crippen LogP contribution in [-0.2, 0) is 6.54 Å². The number of hydrogen-bond acceptors (Lipinski definition) is 4. The minimum atomic E-state index is -0.0236. The van der Waals surface area contributed by atoms with Gasteiger partial charge in [-0.2, -0.15) is 0 Å². The third-order valence-electron chi connectivity index (χ3n) is 6.28. The molecule has 3 aromatic rings. The fourth-order valence-corrected chi connectivity index (χ4v) is 4.68. The van der Waals surface area contributed by atoms with Gasteiger partial charge in [0, 0.05) is 35.4 Å². The van der Waals surface area contributed by atoms with Gasteiger partial charge in [-0.05, 0) is 80.1 Å². The summed E-state index contributed by atoms with van der Waals surface area (Å²) in [7, 11) is 0. The van der Waals surface area contributed by atoms with Crippen LogP contribution in [0.15, 0.2) is 42.6 Å². The molecule has 1 saturated heterocycles. The molecule has 1 aliphatic heterocycles. The maximum atomic E-state index is 10.3. The molecule has 1 aromatic heterocycles. The molecule has 1 fully saturated rings. The van der Waals surface area contributed by atoms with Crippen LogP contribution in [0.5, 0.6) is 11.5 Å². The van der Waals surface area contributed by atoms with E-state index in [1.54, 1.807) is 6.07 Å². The maximum absolute atomic E-state index is 10.3. The van der Waals surface area contributed by atoms with Crippen molar-refractivity contribution in [3.63, 3.8) is 0 Å². The summed E-state index contributed by atoms with van der Waals surface area (Å²) in [6, 6.07) is 11.5. The number of piperidine rings is 1. The Bertz CT molecular complexity index is 1080. The van der Waals surface area contributed by atoms with Gasteiger partial charge >= 0.3 is 0 Å². The van der Waals surface area contributed by atoms with Gasteiger partial charge in [-0.3, -0.25) is 0 Å². The number of anilines is 1. The summed E-state index contributed by atoms with van der Waals surface area (Å²) < 4.78 is 2.33. The summed E-state index contributed by atoms with van der Waals surface area (Å²) in [5.41, 5.74) is 3.39. The van der Waals surface area contributed by atoms with Crippen LogP contribution in [-0.4, -0.2) is 32.9 Å². The van der Waals surface area contributed by atoms with E-state index in [1.807, 2.05) is 19.9 Å². The highest BCUT2D eigenvalue weighted by Crippen LogP contribution is 2.33. The number of thiocarbonyl (C=S) groups is 1. The molecule has 2 heterocycles. The quantitative estimate of drug-likeness (QED) is 0.391. The molecule has 0 aliphatic carbocycles. The first kappa shape index (κ1) is 21.7. The normalized spacial score (nSPS) is 14.9. The minimum absolute atomic E-state index is 0.0236. The van der Waals surface area contributed by atoms with Gasteiger partial charge < -0.3 is 25.4 Å². The van der Waals surface area contributed by atoms with Gasteiger partial charge in [0.2, 0.25) is 0 Å². The van der Waals surface area contributed by atoms with Crippen molar-refractivity contribution in [2.24, 2.45) is 5.92 Å². The Balaban J connectivity index is 1.48. The van der Waals surface area contributed by atoms with Crippen molar-refractivity contribution in [2.45, 2.75) is 45.6 Å². The summed E-state index contributed by atoms with van der Waals surface area (Å²) in [6.45, 7) is 7.31. The molecule has 2 aromatic carbocycles. The smallest absolute Gasteiger partial charge is 0.129 e. The highest BCUT2D eigenvalue weighted by molar-refractivity contribution is 7.81. The molecule has 0 amide bonds. The Morgan fingerprint density at radius 3 is 2.65 bits per heavy atom. The number of aromatic nitrogens is 1. The van der Waals surface area contributed by atoms with E-state index in [0.29, 0.717) is 10.6 Å². The minimum Gasteiger partial charge on any atom is -0.508 e. The lowest BCUT2D eigenvalue weighted by Gasteiger charge is -2.22. The van der Waals surface area contributed by atoms with E-state index >= 15 is 0 Å². The lowest BCUT2D eigenvalue weighted by molar-refractivity contribution is 0.339. The van der Waals surface area contributed by atoms with Gasteiger partial charge in [0.05, 0.1) is 5.56 Å². The molecule has 4 N–H and O–H groups in total. The van der Waals surface area contributed by atoms with E-state index in [-0.39, 0.29) is 17.4 Å². The van der Waals surface area contributed by atoms with Gasteiger partial charge in [-0.1, -0.05) is 26.1 Å². The lowest BCUT2D eigenvalue weighted by Crippen LogP contribution is -2.28. The number of phenolic OH excluding ortho intramolecular Hbond substituents is 2. The number of benzene rings is 2. The van der Waals surface area contributed by atoms with E-state index in [4.69, 9.17) is 12.2 Å². The van der Waals surface area contributed by atoms with Crippen LogP contribution in [0.3, 0.4) is 0 Å². The Kier molecular flexibility index (Phi) is 6.49. The Morgan fingerprint density at radius 1 is 1.13 bits per heavy atom. The molecule has 0 unspecified atom stereocenters. The molecule has 0 atom stereocenters. The second kappa shape index (κ2) is 9.28. The fraction of sp³-hybridized carbons (Fsp3) is 0.400. The second-order valence-corrected chi connectivity index (χ2v) is 9.21. The van der Waals surface area contributed by atoms with Crippen molar-refractivity contribution in [2.75, 3.05) is 18.4 Å². The first-order valence-corrected chi connectivity index (χ1v) is 11.5. The van der Waals surface area contributed by atoms with Crippen LogP contribution in [0.1, 0.15) is 50.2 Å². The number of aromatic hydroxyl groups is 2. The van der Waals surface area contributed by atoms with Crippen molar-refractivity contribution in [3.05, 3.63) is 53.7 Å². The molecule has 5 nitrogen and oxygen atoms in total. The predicted octanol–water partition coefficient (Wildman–Crippen LogP) is 5.35. The maximum Gasteiger partial charge on any atom is 0.129 e. The van der Waals surface area contributed by atoms with Gasteiger partial charge in [0.25, 0.3) is 0 Å². The molecule has 0 spiro atoms. The zero-order chi connectivity index (χ0) is 22.0. The van der Waals surface area contributed by atoms with E-state index in [9.17, 15) is 10.2 Å².